The van der Waals surface area contributed by atoms with Crippen molar-refractivity contribution in [1.82, 2.24) is 0 Å². The van der Waals surface area contributed by atoms with Crippen molar-refractivity contribution >= 4 is 27.5 Å². The van der Waals surface area contributed by atoms with Crippen LogP contribution >= 0.6 is 15.9 Å². The first-order valence-electron chi connectivity index (χ1n) is 4.26. The molecule has 2 nitrogen and oxygen atoms in total. The van der Waals surface area contributed by atoms with Crippen LogP contribution in [0.15, 0.2) is 18.2 Å². The Balaban J connectivity index is 2.80. The Labute approximate surface area is 90.6 Å². The van der Waals surface area contributed by atoms with Crippen LogP contribution in [0.25, 0.3) is 0 Å². The van der Waals surface area contributed by atoms with E-state index in [2.05, 4.69) is 21.2 Å². The van der Waals surface area contributed by atoms with Gasteiger partial charge in [0.05, 0.1) is 5.69 Å². The highest BCUT2D eigenvalue weighted by Crippen LogP contribution is 2.18. The number of anilines is 1. The second-order valence-electron chi connectivity index (χ2n) is 2.92. The summed E-state index contributed by atoms with van der Waals surface area (Å²) in [5.74, 6) is -0.581. The number of nitrogens with one attached hydrogen (secondary N) is 1. The fraction of sp³-hybridized carbons (Fsp3) is 0.300. The third-order valence-corrected chi connectivity index (χ3v) is 2.20. The van der Waals surface area contributed by atoms with Crippen LogP contribution in [0, 0.1) is 12.7 Å². The predicted octanol–water partition coefficient (Wildman–Crippen LogP) is 2.86. The van der Waals surface area contributed by atoms with Crippen molar-refractivity contribution in [3.8, 4) is 0 Å². The Morgan fingerprint density at radius 3 is 2.86 bits per heavy atom. The van der Waals surface area contributed by atoms with Crippen LogP contribution in [0.1, 0.15) is 12.0 Å². The number of alkyl halides is 1. The number of rotatable bonds is 3. The molecule has 76 valence electrons. The lowest BCUT2D eigenvalue weighted by Crippen LogP contribution is -2.13. The molecule has 0 atom stereocenters. The third kappa shape index (κ3) is 2.80. The molecule has 0 aromatic heterocycles. The van der Waals surface area contributed by atoms with E-state index in [0.717, 1.165) is 5.56 Å². The van der Waals surface area contributed by atoms with Gasteiger partial charge in [-0.25, -0.2) is 4.39 Å². The summed E-state index contributed by atoms with van der Waals surface area (Å²) in [5, 5.41) is 3.11. The molecular formula is C10H11BrFNO. The van der Waals surface area contributed by atoms with Gasteiger partial charge in [-0.15, -0.1) is 0 Å². The van der Waals surface area contributed by atoms with Crippen molar-refractivity contribution in [2.75, 3.05) is 10.6 Å². The van der Waals surface area contributed by atoms with Gasteiger partial charge in [0.2, 0.25) is 5.91 Å². The van der Waals surface area contributed by atoms with Crippen molar-refractivity contribution in [1.29, 1.82) is 0 Å². The van der Waals surface area contributed by atoms with Gasteiger partial charge in [-0.05, 0) is 18.6 Å². The SMILES string of the molecule is Cc1cccc(F)c1NC(=O)CCBr. The van der Waals surface area contributed by atoms with Crippen LogP contribution in [0.4, 0.5) is 10.1 Å². The van der Waals surface area contributed by atoms with Crippen molar-refractivity contribution < 1.29 is 9.18 Å². The normalized spacial score (nSPS) is 9.93. The maximum atomic E-state index is 13.2. The lowest BCUT2D eigenvalue weighted by Gasteiger charge is -2.08. The van der Waals surface area contributed by atoms with E-state index in [0.29, 0.717) is 11.8 Å². The minimum Gasteiger partial charge on any atom is -0.323 e. The van der Waals surface area contributed by atoms with Crippen LogP contribution in [-0.2, 0) is 4.79 Å². The Kier molecular flexibility index (Phi) is 4.07. The average Bonchev–Trinajstić information content (AvgIpc) is 2.12. The zero-order valence-corrected chi connectivity index (χ0v) is 9.40. The van der Waals surface area contributed by atoms with E-state index in [1.165, 1.54) is 6.07 Å². The number of amides is 1. The molecule has 0 unspecified atom stereocenters. The Bertz CT molecular complexity index is 321. The molecule has 0 saturated carbocycles. The molecule has 0 aliphatic heterocycles. The maximum Gasteiger partial charge on any atom is 0.225 e. The Morgan fingerprint density at radius 1 is 1.57 bits per heavy atom. The van der Waals surface area contributed by atoms with Gasteiger partial charge in [0, 0.05) is 11.8 Å². The molecule has 0 radical (unpaired) electrons. The highest BCUT2D eigenvalue weighted by molar-refractivity contribution is 9.09. The van der Waals surface area contributed by atoms with Gasteiger partial charge in [-0.2, -0.15) is 0 Å². The van der Waals surface area contributed by atoms with Gasteiger partial charge < -0.3 is 5.32 Å². The van der Waals surface area contributed by atoms with Crippen LogP contribution < -0.4 is 5.32 Å². The Morgan fingerprint density at radius 2 is 2.29 bits per heavy atom. The van der Waals surface area contributed by atoms with Crippen molar-refractivity contribution in [2.24, 2.45) is 0 Å². The standard InChI is InChI=1S/C10H11BrFNO/c1-7-3-2-4-8(12)10(7)13-9(14)5-6-11/h2-4H,5-6H2,1H3,(H,13,14). The first-order valence-corrected chi connectivity index (χ1v) is 5.38. The summed E-state index contributed by atoms with van der Waals surface area (Å²) in [6.45, 7) is 1.76. The summed E-state index contributed by atoms with van der Waals surface area (Å²) in [5.41, 5.74) is 1.01. The van der Waals surface area contributed by atoms with Gasteiger partial charge in [0.15, 0.2) is 0 Å². The third-order valence-electron chi connectivity index (χ3n) is 1.81. The second-order valence-corrected chi connectivity index (χ2v) is 3.71. The summed E-state index contributed by atoms with van der Waals surface area (Å²) in [7, 11) is 0. The summed E-state index contributed by atoms with van der Waals surface area (Å²) >= 11 is 3.15. The van der Waals surface area contributed by atoms with E-state index in [-0.39, 0.29) is 11.6 Å². The second kappa shape index (κ2) is 5.10. The van der Waals surface area contributed by atoms with Gasteiger partial charge in [0.25, 0.3) is 0 Å². The van der Waals surface area contributed by atoms with Gasteiger partial charge in [0.1, 0.15) is 5.82 Å². The minimum absolute atomic E-state index is 0.185. The summed E-state index contributed by atoms with van der Waals surface area (Å²) < 4.78 is 13.2. The fourth-order valence-electron chi connectivity index (χ4n) is 1.08. The molecule has 0 aliphatic rings. The highest BCUT2D eigenvalue weighted by atomic mass is 79.9. The fourth-order valence-corrected chi connectivity index (χ4v) is 1.44. The van der Waals surface area contributed by atoms with E-state index in [4.69, 9.17) is 0 Å². The summed E-state index contributed by atoms with van der Waals surface area (Å²) in [4.78, 5) is 11.2. The number of aryl methyl sites for hydroxylation is 1. The molecule has 4 heteroatoms. The predicted molar refractivity (Wildman–Crippen MR) is 58.2 cm³/mol. The van der Waals surface area contributed by atoms with Crippen LogP contribution in [0.2, 0.25) is 0 Å². The van der Waals surface area contributed by atoms with Crippen LogP contribution in [0.3, 0.4) is 0 Å². The van der Waals surface area contributed by atoms with E-state index < -0.39 is 5.82 Å². The number of hydrogen-bond donors (Lipinski definition) is 1. The molecule has 0 aliphatic carbocycles. The smallest absolute Gasteiger partial charge is 0.225 e. The van der Waals surface area contributed by atoms with E-state index in [1.54, 1.807) is 19.1 Å². The van der Waals surface area contributed by atoms with E-state index in [1.807, 2.05) is 0 Å². The first-order chi connectivity index (χ1) is 6.65. The highest BCUT2D eigenvalue weighted by Gasteiger charge is 2.08. The Hall–Kier alpha value is -0.900. The van der Waals surface area contributed by atoms with Crippen LogP contribution in [-0.4, -0.2) is 11.2 Å². The average molecular weight is 260 g/mol. The molecule has 1 amide bonds. The van der Waals surface area contributed by atoms with Crippen LogP contribution in [0.5, 0.6) is 0 Å². The largest absolute Gasteiger partial charge is 0.323 e. The zero-order chi connectivity index (χ0) is 10.6. The molecule has 0 bridgehead atoms. The molecule has 14 heavy (non-hydrogen) atoms. The molecule has 0 heterocycles. The maximum absolute atomic E-state index is 13.2. The van der Waals surface area contributed by atoms with Gasteiger partial charge in [-0.1, -0.05) is 28.1 Å². The molecule has 1 rings (SSSR count). The molecule has 0 spiro atoms. The molecule has 0 fully saturated rings. The number of para-hydroxylation sites is 1. The minimum atomic E-state index is -0.395. The lowest BCUT2D eigenvalue weighted by atomic mass is 10.2. The molecular weight excluding hydrogens is 249 g/mol. The topological polar surface area (TPSA) is 29.1 Å². The monoisotopic (exact) mass is 259 g/mol. The van der Waals surface area contributed by atoms with E-state index >= 15 is 0 Å². The van der Waals surface area contributed by atoms with Gasteiger partial charge >= 0.3 is 0 Å². The number of carbonyl (C=O) groups is 1. The van der Waals surface area contributed by atoms with Crippen molar-refractivity contribution in [3.63, 3.8) is 0 Å². The number of carbonyl (C=O) groups excluding carboxylic acids is 1. The van der Waals surface area contributed by atoms with E-state index in [9.17, 15) is 9.18 Å². The zero-order valence-electron chi connectivity index (χ0n) is 7.81. The molecule has 1 aromatic rings. The first kappa shape index (κ1) is 11.2. The number of hydrogen-bond acceptors (Lipinski definition) is 1. The molecule has 1 N–H and O–H groups in total. The van der Waals surface area contributed by atoms with Gasteiger partial charge in [-0.3, -0.25) is 4.79 Å². The summed E-state index contributed by atoms with van der Waals surface area (Å²) in [6, 6.07) is 4.70. The quantitative estimate of drug-likeness (QED) is 0.832. The lowest BCUT2D eigenvalue weighted by molar-refractivity contribution is -0.115. The van der Waals surface area contributed by atoms with Crippen molar-refractivity contribution in [3.05, 3.63) is 29.6 Å². The van der Waals surface area contributed by atoms with Crippen molar-refractivity contribution in [2.45, 2.75) is 13.3 Å². The number of benzene rings is 1. The molecule has 0 saturated heterocycles. The number of halogens is 2. The summed E-state index contributed by atoms with van der Waals surface area (Å²) in [6.07, 6.45) is 0.341. The molecule has 1 aromatic carbocycles.